The molecule has 2 aromatic heterocycles. The van der Waals surface area contributed by atoms with Crippen molar-refractivity contribution in [2.45, 2.75) is 24.9 Å². The third-order valence-corrected chi connectivity index (χ3v) is 4.49. The van der Waals surface area contributed by atoms with E-state index in [1.807, 2.05) is 7.05 Å². The molecule has 1 aliphatic rings. The molecule has 0 bridgehead atoms. The van der Waals surface area contributed by atoms with Crippen LogP contribution in [-0.4, -0.2) is 39.1 Å². The SMILES string of the molecule is CN(CC1(F)CCC1)c1ccc2nnc(-c3cccc(F)c3)n2n1. The second-order valence-corrected chi connectivity index (χ2v) is 6.36. The van der Waals surface area contributed by atoms with Gasteiger partial charge in [-0.05, 0) is 43.5 Å². The van der Waals surface area contributed by atoms with Gasteiger partial charge in [-0.1, -0.05) is 12.1 Å². The molecule has 4 rings (SSSR count). The van der Waals surface area contributed by atoms with Gasteiger partial charge in [-0.3, -0.25) is 0 Å². The molecule has 0 spiro atoms. The van der Waals surface area contributed by atoms with Gasteiger partial charge >= 0.3 is 0 Å². The van der Waals surface area contributed by atoms with Crippen molar-refractivity contribution in [2.24, 2.45) is 0 Å². The van der Waals surface area contributed by atoms with Gasteiger partial charge in [-0.2, -0.15) is 4.52 Å². The second kappa shape index (κ2) is 5.51. The number of benzene rings is 1. The first-order chi connectivity index (χ1) is 11.5. The monoisotopic (exact) mass is 329 g/mol. The van der Waals surface area contributed by atoms with Crippen molar-refractivity contribution in [1.29, 1.82) is 0 Å². The summed E-state index contributed by atoms with van der Waals surface area (Å²) in [6.45, 7) is 0.308. The van der Waals surface area contributed by atoms with Gasteiger partial charge in [0, 0.05) is 12.6 Å². The molecular weight excluding hydrogens is 312 g/mol. The number of anilines is 1. The van der Waals surface area contributed by atoms with Crippen LogP contribution in [0, 0.1) is 5.82 Å². The summed E-state index contributed by atoms with van der Waals surface area (Å²) in [6, 6.07) is 9.70. The summed E-state index contributed by atoms with van der Waals surface area (Å²) in [6.07, 6.45) is 2.13. The summed E-state index contributed by atoms with van der Waals surface area (Å²) >= 11 is 0. The minimum absolute atomic E-state index is 0.308. The molecule has 1 aromatic carbocycles. The third-order valence-electron chi connectivity index (χ3n) is 4.49. The molecule has 0 amide bonds. The Balaban J connectivity index is 1.70. The molecule has 5 nitrogen and oxygen atoms in total. The van der Waals surface area contributed by atoms with Crippen molar-refractivity contribution in [2.75, 3.05) is 18.5 Å². The maximum atomic E-state index is 14.3. The first-order valence-electron chi connectivity index (χ1n) is 7.93. The van der Waals surface area contributed by atoms with Crippen LogP contribution in [0.2, 0.25) is 0 Å². The quantitative estimate of drug-likeness (QED) is 0.737. The van der Waals surface area contributed by atoms with E-state index in [1.54, 1.807) is 33.7 Å². The highest BCUT2D eigenvalue weighted by molar-refractivity contribution is 5.59. The molecule has 0 N–H and O–H groups in total. The average Bonchev–Trinajstić information content (AvgIpc) is 2.96. The lowest BCUT2D eigenvalue weighted by Crippen LogP contribution is -2.43. The predicted molar refractivity (Wildman–Crippen MR) is 87.1 cm³/mol. The van der Waals surface area contributed by atoms with Crippen LogP contribution in [0.1, 0.15) is 19.3 Å². The minimum Gasteiger partial charge on any atom is -0.355 e. The van der Waals surface area contributed by atoms with Gasteiger partial charge < -0.3 is 4.90 Å². The first-order valence-corrected chi connectivity index (χ1v) is 7.93. The highest BCUT2D eigenvalue weighted by atomic mass is 19.1. The van der Waals surface area contributed by atoms with Gasteiger partial charge in [0.2, 0.25) is 0 Å². The van der Waals surface area contributed by atoms with E-state index in [9.17, 15) is 8.78 Å². The zero-order chi connectivity index (χ0) is 16.7. The average molecular weight is 329 g/mol. The Kier molecular flexibility index (Phi) is 3.44. The van der Waals surface area contributed by atoms with Crippen molar-refractivity contribution in [1.82, 2.24) is 19.8 Å². The number of hydrogen-bond acceptors (Lipinski definition) is 4. The number of rotatable bonds is 4. The molecule has 0 saturated heterocycles. The van der Waals surface area contributed by atoms with E-state index in [1.165, 1.54) is 12.1 Å². The van der Waals surface area contributed by atoms with Gasteiger partial charge in [0.1, 0.15) is 17.3 Å². The number of fused-ring (bicyclic) bond motifs is 1. The summed E-state index contributed by atoms with van der Waals surface area (Å²) in [5.74, 6) is 0.740. The van der Waals surface area contributed by atoms with E-state index < -0.39 is 5.67 Å². The molecule has 124 valence electrons. The molecule has 0 aliphatic heterocycles. The van der Waals surface area contributed by atoms with E-state index in [0.29, 0.717) is 42.2 Å². The third kappa shape index (κ3) is 2.60. The summed E-state index contributed by atoms with van der Waals surface area (Å²) in [7, 11) is 1.82. The van der Waals surface area contributed by atoms with Crippen LogP contribution in [-0.2, 0) is 0 Å². The Morgan fingerprint density at radius 2 is 2.04 bits per heavy atom. The van der Waals surface area contributed by atoms with Crippen LogP contribution in [0.25, 0.3) is 17.0 Å². The molecule has 7 heteroatoms. The predicted octanol–water partition coefficient (Wildman–Crippen LogP) is 3.26. The molecule has 2 heterocycles. The van der Waals surface area contributed by atoms with E-state index in [2.05, 4.69) is 15.3 Å². The summed E-state index contributed by atoms with van der Waals surface area (Å²) in [5, 5.41) is 12.7. The Labute approximate surface area is 137 Å². The summed E-state index contributed by atoms with van der Waals surface area (Å²) in [4.78, 5) is 1.80. The van der Waals surface area contributed by atoms with Crippen LogP contribution >= 0.6 is 0 Å². The molecule has 0 radical (unpaired) electrons. The summed E-state index contributed by atoms with van der Waals surface area (Å²) < 4.78 is 29.4. The van der Waals surface area contributed by atoms with Gasteiger partial charge in [-0.25, -0.2) is 8.78 Å². The van der Waals surface area contributed by atoms with Crippen LogP contribution in [0.5, 0.6) is 0 Å². The zero-order valence-corrected chi connectivity index (χ0v) is 13.3. The normalized spacial score (nSPS) is 16.1. The maximum Gasteiger partial charge on any atom is 0.185 e. The van der Waals surface area contributed by atoms with Crippen LogP contribution < -0.4 is 4.90 Å². The molecule has 1 aliphatic carbocycles. The Morgan fingerprint density at radius 1 is 1.21 bits per heavy atom. The zero-order valence-electron chi connectivity index (χ0n) is 13.3. The van der Waals surface area contributed by atoms with E-state index in [-0.39, 0.29) is 5.82 Å². The lowest BCUT2D eigenvalue weighted by molar-refractivity contribution is 0.0721. The van der Waals surface area contributed by atoms with Crippen molar-refractivity contribution < 1.29 is 8.78 Å². The molecule has 0 unspecified atom stereocenters. The van der Waals surface area contributed by atoms with E-state index >= 15 is 0 Å². The standard InChI is InChI=1S/C17H17F2N5/c1-23(11-17(19)8-3-9-17)15-7-6-14-20-21-16(24(14)22-15)12-4-2-5-13(18)10-12/h2,4-7,10H,3,8-9,11H2,1H3. The molecule has 1 fully saturated rings. The van der Waals surface area contributed by atoms with Crippen LogP contribution in [0.3, 0.4) is 0 Å². The Morgan fingerprint density at radius 3 is 2.75 bits per heavy atom. The van der Waals surface area contributed by atoms with E-state index in [0.717, 1.165) is 6.42 Å². The van der Waals surface area contributed by atoms with Gasteiger partial charge in [-0.15, -0.1) is 15.3 Å². The maximum absolute atomic E-state index is 14.3. The number of hydrogen-bond donors (Lipinski definition) is 0. The molecule has 3 aromatic rings. The van der Waals surface area contributed by atoms with Crippen molar-refractivity contribution >= 4 is 11.5 Å². The number of nitrogens with zero attached hydrogens (tertiary/aromatic N) is 5. The van der Waals surface area contributed by atoms with Gasteiger partial charge in [0.15, 0.2) is 11.5 Å². The smallest absolute Gasteiger partial charge is 0.185 e. The lowest BCUT2D eigenvalue weighted by atomic mass is 9.82. The number of alkyl halides is 1. The Bertz CT molecular complexity index is 888. The van der Waals surface area contributed by atoms with Crippen molar-refractivity contribution in [3.63, 3.8) is 0 Å². The second-order valence-electron chi connectivity index (χ2n) is 6.36. The molecule has 0 atom stereocenters. The van der Waals surface area contributed by atoms with Crippen molar-refractivity contribution in [3.05, 3.63) is 42.2 Å². The highest BCUT2D eigenvalue weighted by Gasteiger charge is 2.38. The summed E-state index contributed by atoms with van der Waals surface area (Å²) in [5.41, 5.74) is 0.0324. The molecular formula is C17H17F2N5. The van der Waals surface area contributed by atoms with Crippen molar-refractivity contribution in [3.8, 4) is 11.4 Å². The molecule has 1 saturated carbocycles. The van der Waals surface area contributed by atoms with Crippen LogP contribution in [0.4, 0.5) is 14.6 Å². The highest BCUT2D eigenvalue weighted by Crippen LogP contribution is 2.36. The fraction of sp³-hybridized carbons (Fsp3) is 0.353. The minimum atomic E-state index is -1.12. The van der Waals surface area contributed by atoms with Gasteiger partial charge in [0.25, 0.3) is 0 Å². The number of aromatic nitrogens is 4. The lowest BCUT2D eigenvalue weighted by Gasteiger charge is -2.37. The molecule has 24 heavy (non-hydrogen) atoms. The fourth-order valence-corrected chi connectivity index (χ4v) is 3.01. The first kappa shape index (κ1) is 15.0. The fourth-order valence-electron chi connectivity index (χ4n) is 3.01. The topological polar surface area (TPSA) is 46.3 Å². The van der Waals surface area contributed by atoms with Crippen LogP contribution in [0.15, 0.2) is 36.4 Å². The Hall–Kier alpha value is -2.57. The van der Waals surface area contributed by atoms with Gasteiger partial charge in [0.05, 0.1) is 6.54 Å². The van der Waals surface area contributed by atoms with E-state index in [4.69, 9.17) is 0 Å². The number of halogens is 2. The largest absolute Gasteiger partial charge is 0.355 e.